The van der Waals surface area contributed by atoms with Gasteiger partial charge in [-0.3, -0.25) is 4.79 Å². The third kappa shape index (κ3) is 6.30. The van der Waals surface area contributed by atoms with Crippen LogP contribution >= 0.6 is 11.8 Å². The summed E-state index contributed by atoms with van der Waals surface area (Å²) in [6, 6.07) is 16.9. The number of hydrogen-bond acceptors (Lipinski definition) is 6. The Hall–Kier alpha value is -2.90. The lowest BCUT2D eigenvalue weighted by Gasteiger charge is -2.14. The second-order valence-corrected chi connectivity index (χ2v) is 8.20. The zero-order valence-corrected chi connectivity index (χ0v) is 18.5. The molecule has 7 heteroatoms. The van der Waals surface area contributed by atoms with Gasteiger partial charge in [-0.2, -0.15) is 0 Å². The summed E-state index contributed by atoms with van der Waals surface area (Å²) in [6.07, 6.45) is 0. The second-order valence-electron chi connectivity index (χ2n) is 7.16. The second kappa shape index (κ2) is 10.2. The maximum atomic E-state index is 12.8. The van der Waals surface area contributed by atoms with Crippen LogP contribution in [0.15, 0.2) is 64.6 Å². The first-order valence-corrected chi connectivity index (χ1v) is 10.5. The lowest BCUT2D eigenvalue weighted by atomic mass is 10.2. The van der Waals surface area contributed by atoms with Gasteiger partial charge in [-0.05, 0) is 82.2 Å². The van der Waals surface area contributed by atoms with Crippen LogP contribution in [0.5, 0.6) is 5.75 Å². The summed E-state index contributed by atoms with van der Waals surface area (Å²) in [5, 5.41) is 3.65. The number of rotatable bonds is 8. The third-order valence-electron chi connectivity index (χ3n) is 4.21. The Balaban J connectivity index is 1.65. The molecule has 0 atom stereocenters. The topological polar surface area (TPSA) is 67.3 Å². The number of nitrogens with one attached hydrogen (secondary N) is 1. The number of aromatic nitrogens is 2. The van der Waals surface area contributed by atoms with Crippen LogP contribution in [-0.2, 0) is 0 Å². The van der Waals surface area contributed by atoms with Crippen LogP contribution in [-0.4, -0.2) is 48.0 Å². The van der Waals surface area contributed by atoms with Crippen molar-refractivity contribution in [3.63, 3.8) is 0 Å². The first-order chi connectivity index (χ1) is 14.4. The van der Waals surface area contributed by atoms with E-state index in [9.17, 15) is 4.79 Å². The van der Waals surface area contributed by atoms with E-state index in [1.165, 1.54) is 11.8 Å². The number of para-hydroxylation sites is 1. The average molecular weight is 423 g/mol. The largest absolute Gasteiger partial charge is 0.491 e. The maximum absolute atomic E-state index is 12.8. The fourth-order valence-corrected chi connectivity index (χ4v) is 3.63. The molecular weight excluding hydrogens is 396 g/mol. The van der Waals surface area contributed by atoms with Crippen molar-refractivity contribution in [2.75, 3.05) is 32.6 Å². The SMILES string of the molecule is Cc1cc(C)nc(Sc2ccc(NC(=O)c3ccccc3OCCN(C)C)cc2)n1. The molecule has 30 heavy (non-hydrogen) atoms. The normalized spacial score (nSPS) is 10.8. The van der Waals surface area contributed by atoms with Gasteiger partial charge < -0.3 is 15.0 Å². The van der Waals surface area contributed by atoms with Crippen molar-refractivity contribution >= 4 is 23.4 Å². The molecule has 156 valence electrons. The standard InChI is InChI=1S/C23H26N4O2S/c1-16-15-17(2)25-23(24-16)30-19-11-9-18(10-12-19)26-22(28)20-7-5-6-8-21(20)29-14-13-27(3)4/h5-12,15H,13-14H2,1-4H3,(H,26,28). The molecule has 3 rings (SSSR count). The van der Waals surface area contributed by atoms with E-state index in [1.54, 1.807) is 6.07 Å². The van der Waals surface area contributed by atoms with Crippen LogP contribution in [0.3, 0.4) is 0 Å². The maximum Gasteiger partial charge on any atom is 0.259 e. The molecular formula is C23H26N4O2S. The number of hydrogen-bond donors (Lipinski definition) is 1. The molecule has 2 aromatic carbocycles. The fourth-order valence-electron chi connectivity index (χ4n) is 2.77. The van der Waals surface area contributed by atoms with Crippen LogP contribution in [0.2, 0.25) is 0 Å². The summed E-state index contributed by atoms with van der Waals surface area (Å²) in [5.41, 5.74) is 3.12. The van der Waals surface area contributed by atoms with Gasteiger partial charge in [-0.25, -0.2) is 9.97 Å². The number of carbonyl (C=O) groups is 1. The number of aryl methyl sites for hydroxylation is 2. The van der Waals surface area contributed by atoms with Crippen LogP contribution < -0.4 is 10.1 Å². The van der Waals surface area contributed by atoms with Gasteiger partial charge in [-0.1, -0.05) is 12.1 Å². The third-order valence-corrected chi connectivity index (χ3v) is 5.08. The Morgan fingerprint density at radius 1 is 1.03 bits per heavy atom. The lowest BCUT2D eigenvalue weighted by molar-refractivity contribution is 0.102. The molecule has 0 fully saturated rings. The molecule has 0 aliphatic carbocycles. The number of likely N-dealkylation sites (N-methyl/N-ethyl adjacent to an activating group) is 1. The van der Waals surface area contributed by atoms with Crippen LogP contribution in [0.4, 0.5) is 5.69 Å². The Labute approximate surface area is 181 Å². The van der Waals surface area contributed by atoms with Gasteiger partial charge in [0.2, 0.25) is 0 Å². The molecule has 1 N–H and O–H groups in total. The van der Waals surface area contributed by atoms with Gasteiger partial charge in [0.15, 0.2) is 5.16 Å². The summed E-state index contributed by atoms with van der Waals surface area (Å²) >= 11 is 1.49. The fraction of sp³-hybridized carbons (Fsp3) is 0.261. The minimum atomic E-state index is -0.200. The Kier molecular flexibility index (Phi) is 7.43. The number of carbonyl (C=O) groups excluding carboxylic acids is 1. The number of anilines is 1. The van der Waals surface area contributed by atoms with E-state index < -0.39 is 0 Å². The highest BCUT2D eigenvalue weighted by molar-refractivity contribution is 7.99. The molecule has 0 radical (unpaired) electrons. The summed E-state index contributed by atoms with van der Waals surface area (Å²) in [5.74, 6) is 0.379. The first-order valence-electron chi connectivity index (χ1n) is 9.69. The highest BCUT2D eigenvalue weighted by Crippen LogP contribution is 2.27. The number of ether oxygens (including phenoxy) is 1. The molecule has 0 unspecified atom stereocenters. The monoisotopic (exact) mass is 422 g/mol. The molecule has 0 aliphatic heterocycles. The molecule has 1 heterocycles. The first kappa shape index (κ1) is 21.8. The van der Waals surface area contributed by atoms with Crippen molar-refractivity contribution < 1.29 is 9.53 Å². The summed E-state index contributed by atoms with van der Waals surface area (Å²) in [4.78, 5) is 24.7. The van der Waals surface area contributed by atoms with Crippen molar-refractivity contribution in [1.29, 1.82) is 0 Å². The van der Waals surface area contributed by atoms with Gasteiger partial charge in [-0.15, -0.1) is 0 Å². The molecule has 6 nitrogen and oxygen atoms in total. The van der Waals surface area contributed by atoms with Crippen LogP contribution in [0, 0.1) is 13.8 Å². The molecule has 0 bridgehead atoms. The Bertz CT molecular complexity index is 986. The van der Waals surface area contributed by atoms with Crippen molar-refractivity contribution in [2.24, 2.45) is 0 Å². The van der Waals surface area contributed by atoms with Crippen LogP contribution in [0.1, 0.15) is 21.7 Å². The molecule has 1 aromatic heterocycles. The predicted molar refractivity (Wildman–Crippen MR) is 121 cm³/mol. The van der Waals surface area contributed by atoms with Gasteiger partial charge in [0.05, 0.1) is 5.56 Å². The molecule has 0 saturated heterocycles. The molecule has 0 aliphatic rings. The van der Waals surface area contributed by atoms with Crippen molar-refractivity contribution in [1.82, 2.24) is 14.9 Å². The van der Waals surface area contributed by atoms with Gasteiger partial charge in [0.1, 0.15) is 12.4 Å². The number of nitrogens with zero attached hydrogens (tertiary/aromatic N) is 3. The molecule has 0 spiro atoms. The minimum Gasteiger partial charge on any atom is -0.491 e. The van der Waals surface area contributed by atoms with Crippen molar-refractivity contribution in [3.05, 3.63) is 71.5 Å². The molecule has 1 amide bonds. The van der Waals surface area contributed by atoms with Gasteiger partial charge in [0, 0.05) is 28.5 Å². The molecule has 0 saturated carbocycles. The average Bonchev–Trinajstić information content (AvgIpc) is 2.69. The number of benzene rings is 2. The van der Waals surface area contributed by atoms with Crippen LogP contribution in [0.25, 0.3) is 0 Å². The smallest absolute Gasteiger partial charge is 0.259 e. The van der Waals surface area contributed by atoms with E-state index in [0.29, 0.717) is 28.8 Å². The van der Waals surface area contributed by atoms with E-state index in [4.69, 9.17) is 4.74 Å². The van der Waals surface area contributed by atoms with Crippen molar-refractivity contribution in [3.8, 4) is 5.75 Å². The van der Waals surface area contributed by atoms with Crippen molar-refractivity contribution in [2.45, 2.75) is 23.9 Å². The van der Waals surface area contributed by atoms with E-state index in [-0.39, 0.29) is 5.91 Å². The minimum absolute atomic E-state index is 0.200. The predicted octanol–water partition coefficient (Wildman–Crippen LogP) is 4.44. The zero-order chi connectivity index (χ0) is 21.5. The summed E-state index contributed by atoms with van der Waals surface area (Å²) in [7, 11) is 3.96. The highest BCUT2D eigenvalue weighted by Gasteiger charge is 2.13. The van der Waals surface area contributed by atoms with Gasteiger partial charge in [0.25, 0.3) is 5.91 Å². The molecule has 3 aromatic rings. The zero-order valence-electron chi connectivity index (χ0n) is 17.7. The Morgan fingerprint density at radius 3 is 2.37 bits per heavy atom. The summed E-state index contributed by atoms with van der Waals surface area (Å²) in [6.45, 7) is 5.21. The Morgan fingerprint density at radius 2 is 1.70 bits per heavy atom. The summed E-state index contributed by atoms with van der Waals surface area (Å²) < 4.78 is 5.79. The lowest BCUT2D eigenvalue weighted by Crippen LogP contribution is -2.20. The van der Waals surface area contributed by atoms with E-state index >= 15 is 0 Å². The van der Waals surface area contributed by atoms with E-state index in [1.807, 2.05) is 81.4 Å². The number of amides is 1. The highest BCUT2D eigenvalue weighted by atomic mass is 32.2. The van der Waals surface area contributed by atoms with E-state index in [0.717, 1.165) is 22.8 Å². The quantitative estimate of drug-likeness (QED) is 0.542. The van der Waals surface area contributed by atoms with E-state index in [2.05, 4.69) is 15.3 Å². The van der Waals surface area contributed by atoms with Gasteiger partial charge >= 0.3 is 0 Å².